The summed E-state index contributed by atoms with van der Waals surface area (Å²) in [7, 11) is 1.84. The summed E-state index contributed by atoms with van der Waals surface area (Å²) in [5, 5.41) is 3.49. The minimum atomic E-state index is 0. The van der Waals surface area contributed by atoms with Crippen LogP contribution in [0, 0.1) is 0 Å². The molecule has 0 amide bonds. The highest BCUT2D eigenvalue weighted by Crippen LogP contribution is 2.15. The topological polar surface area (TPSA) is 52.9 Å². The highest BCUT2D eigenvalue weighted by molar-refractivity contribution is 14.0. The number of pyridine rings is 1. The fourth-order valence-corrected chi connectivity index (χ4v) is 3.88. The summed E-state index contributed by atoms with van der Waals surface area (Å²) in [6.45, 7) is 5.16. The number of aromatic nitrogens is 1. The summed E-state index contributed by atoms with van der Waals surface area (Å²) >= 11 is 0. The van der Waals surface area contributed by atoms with Crippen molar-refractivity contribution < 1.29 is 0 Å². The van der Waals surface area contributed by atoms with Crippen LogP contribution in [0.5, 0.6) is 0 Å². The van der Waals surface area contributed by atoms with Gasteiger partial charge in [0.15, 0.2) is 5.96 Å². The van der Waals surface area contributed by atoms with Crippen LogP contribution in [0.2, 0.25) is 0 Å². The van der Waals surface area contributed by atoms with Crippen molar-refractivity contribution in [1.82, 2.24) is 14.8 Å². The number of hydrogen-bond acceptors (Lipinski definition) is 3. The molecule has 1 aromatic heterocycles. The maximum atomic E-state index is 11.9. The molecule has 7 heteroatoms. The first kappa shape index (κ1) is 23.8. The molecule has 0 radical (unpaired) electrons. The van der Waals surface area contributed by atoms with Gasteiger partial charge in [-0.15, -0.1) is 24.0 Å². The number of benzene rings is 2. The average Bonchev–Trinajstić information content (AvgIpc) is 2.83. The van der Waals surface area contributed by atoms with Crippen LogP contribution in [-0.2, 0) is 13.1 Å². The van der Waals surface area contributed by atoms with E-state index in [1.165, 1.54) is 11.3 Å². The van der Waals surface area contributed by atoms with Gasteiger partial charge in [0.05, 0.1) is 6.54 Å². The second-order valence-corrected chi connectivity index (χ2v) is 7.69. The zero-order chi connectivity index (χ0) is 21.5. The highest BCUT2D eigenvalue weighted by Gasteiger charge is 2.19. The Hall–Kier alpha value is -2.81. The molecule has 0 aliphatic carbocycles. The standard InChI is InChI=1S/C25H29N5O.HI/c1-26-25(29-17-15-28(16-18-29)23-7-3-2-4-8-23)27-19-21-10-12-22(13-11-21)20-30-14-6-5-9-24(30)31;/h2-14H,15-20H2,1H3,(H,26,27);1H. The van der Waals surface area contributed by atoms with Crippen LogP contribution >= 0.6 is 24.0 Å². The number of nitrogens with zero attached hydrogens (tertiary/aromatic N) is 4. The Balaban J connectivity index is 0.00000289. The first-order chi connectivity index (χ1) is 15.2. The van der Waals surface area contributed by atoms with Crippen molar-refractivity contribution in [3.63, 3.8) is 0 Å². The van der Waals surface area contributed by atoms with Crippen LogP contribution in [0.4, 0.5) is 5.69 Å². The molecule has 1 fully saturated rings. The van der Waals surface area contributed by atoms with E-state index >= 15 is 0 Å². The lowest BCUT2D eigenvalue weighted by molar-refractivity contribution is 0.372. The van der Waals surface area contributed by atoms with Crippen molar-refractivity contribution in [2.45, 2.75) is 13.1 Å². The van der Waals surface area contributed by atoms with Crippen LogP contribution in [-0.4, -0.2) is 48.7 Å². The molecule has 0 spiro atoms. The maximum Gasteiger partial charge on any atom is 0.250 e. The number of hydrogen-bond donors (Lipinski definition) is 1. The lowest BCUT2D eigenvalue weighted by Crippen LogP contribution is -2.52. The molecule has 168 valence electrons. The lowest BCUT2D eigenvalue weighted by atomic mass is 10.1. The lowest BCUT2D eigenvalue weighted by Gasteiger charge is -2.37. The summed E-state index contributed by atoms with van der Waals surface area (Å²) in [6.07, 6.45) is 1.82. The highest BCUT2D eigenvalue weighted by atomic mass is 127. The zero-order valence-corrected chi connectivity index (χ0v) is 20.7. The molecule has 0 saturated carbocycles. The molecule has 2 heterocycles. The first-order valence-electron chi connectivity index (χ1n) is 10.7. The SMILES string of the molecule is CN=C(NCc1ccc(Cn2ccccc2=O)cc1)N1CCN(c2ccccc2)CC1.I. The van der Waals surface area contributed by atoms with Gasteiger partial charge >= 0.3 is 0 Å². The molecular weight excluding hydrogens is 513 g/mol. The van der Waals surface area contributed by atoms with Gasteiger partial charge < -0.3 is 19.7 Å². The van der Waals surface area contributed by atoms with Crippen LogP contribution in [0.25, 0.3) is 0 Å². The summed E-state index contributed by atoms with van der Waals surface area (Å²) in [5.74, 6) is 0.938. The molecule has 1 N–H and O–H groups in total. The van der Waals surface area contributed by atoms with E-state index in [1.54, 1.807) is 16.7 Å². The normalized spacial score (nSPS) is 14.1. The van der Waals surface area contributed by atoms with Gasteiger partial charge in [0.2, 0.25) is 0 Å². The Kier molecular flexibility index (Phi) is 8.72. The maximum absolute atomic E-state index is 11.9. The largest absolute Gasteiger partial charge is 0.368 e. The Morgan fingerprint density at radius 3 is 2.19 bits per heavy atom. The van der Waals surface area contributed by atoms with Crippen molar-refractivity contribution in [1.29, 1.82) is 0 Å². The minimum absolute atomic E-state index is 0. The third kappa shape index (κ3) is 6.12. The second-order valence-electron chi connectivity index (χ2n) is 7.69. The molecule has 6 nitrogen and oxygen atoms in total. The van der Waals surface area contributed by atoms with Gasteiger partial charge in [-0.2, -0.15) is 0 Å². The Morgan fingerprint density at radius 2 is 1.53 bits per heavy atom. The van der Waals surface area contributed by atoms with Gasteiger partial charge in [-0.3, -0.25) is 9.79 Å². The van der Waals surface area contributed by atoms with Gasteiger partial charge in [-0.1, -0.05) is 48.5 Å². The van der Waals surface area contributed by atoms with Crippen LogP contribution in [0.1, 0.15) is 11.1 Å². The molecule has 3 aromatic rings. The Morgan fingerprint density at radius 1 is 0.875 bits per heavy atom. The summed E-state index contributed by atoms with van der Waals surface area (Å²) < 4.78 is 1.71. The van der Waals surface area contributed by atoms with E-state index in [9.17, 15) is 4.79 Å². The van der Waals surface area contributed by atoms with Gasteiger partial charge in [0.1, 0.15) is 0 Å². The summed E-state index contributed by atoms with van der Waals surface area (Å²) in [4.78, 5) is 21.1. The van der Waals surface area contributed by atoms with Gasteiger partial charge in [0, 0.05) is 57.7 Å². The predicted octanol–water partition coefficient (Wildman–Crippen LogP) is 3.41. The number of guanidine groups is 1. The van der Waals surface area contributed by atoms with Crippen LogP contribution in [0.15, 0.2) is 88.8 Å². The van der Waals surface area contributed by atoms with Crippen molar-refractivity contribution in [2.75, 3.05) is 38.1 Å². The van der Waals surface area contributed by atoms with Crippen molar-refractivity contribution in [3.05, 3.63) is 100 Å². The smallest absolute Gasteiger partial charge is 0.250 e. The predicted molar refractivity (Wildman–Crippen MR) is 142 cm³/mol. The van der Waals surface area contributed by atoms with Gasteiger partial charge in [-0.25, -0.2) is 0 Å². The van der Waals surface area contributed by atoms with Crippen molar-refractivity contribution in [2.24, 2.45) is 4.99 Å². The summed E-state index contributed by atoms with van der Waals surface area (Å²) in [5.41, 5.74) is 3.60. The molecule has 2 aromatic carbocycles. The Labute approximate surface area is 206 Å². The Bertz CT molecular complexity index is 1060. The molecule has 32 heavy (non-hydrogen) atoms. The van der Waals surface area contributed by atoms with E-state index < -0.39 is 0 Å². The van der Waals surface area contributed by atoms with Crippen molar-refractivity contribution >= 4 is 35.6 Å². The monoisotopic (exact) mass is 543 g/mol. The average molecular weight is 543 g/mol. The number of halogens is 1. The van der Waals surface area contributed by atoms with Crippen LogP contribution in [0.3, 0.4) is 0 Å². The van der Waals surface area contributed by atoms with Crippen LogP contribution < -0.4 is 15.8 Å². The van der Waals surface area contributed by atoms with E-state index in [0.717, 1.165) is 44.2 Å². The van der Waals surface area contributed by atoms with E-state index in [0.29, 0.717) is 6.54 Å². The third-order valence-electron chi connectivity index (χ3n) is 5.64. The summed E-state index contributed by atoms with van der Waals surface area (Å²) in [6, 6.07) is 24.2. The van der Waals surface area contributed by atoms with E-state index in [1.807, 2.05) is 19.3 Å². The molecular formula is C25H30IN5O. The molecule has 0 unspecified atom stereocenters. The van der Waals surface area contributed by atoms with E-state index in [4.69, 9.17) is 0 Å². The van der Waals surface area contributed by atoms with Gasteiger partial charge in [-0.05, 0) is 29.3 Å². The molecule has 1 aliphatic heterocycles. The van der Waals surface area contributed by atoms with Crippen molar-refractivity contribution in [3.8, 4) is 0 Å². The number of rotatable bonds is 5. The third-order valence-corrected chi connectivity index (χ3v) is 5.64. The second kappa shape index (κ2) is 11.7. The molecule has 1 aliphatic rings. The molecule has 1 saturated heterocycles. The number of aliphatic imine (C=N–C) groups is 1. The van der Waals surface area contributed by atoms with E-state index in [-0.39, 0.29) is 29.5 Å². The van der Waals surface area contributed by atoms with E-state index in [2.05, 4.69) is 74.7 Å². The molecule has 0 bridgehead atoms. The number of anilines is 1. The quantitative estimate of drug-likeness (QED) is 0.305. The molecule has 4 rings (SSSR count). The fraction of sp³-hybridized carbons (Fsp3) is 0.280. The zero-order valence-electron chi connectivity index (χ0n) is 18.4. The number of nitrogens with one attached hydrogen (secondary N) is 1. The fourth-order valence-electron chi connectivity index (χ4n) is 3.88. The minimum Gasteiger partial charge on any atom is -0.368 e. The van der Waals surface area contributed by atoms with Gasteiger partial charge in [0.25, 0.3) is 5.56 Å². The number of para-hydroxylation sites is 1. The number of piperazine rings is 1. The molecule has 0 atom stereocenters. The first-order valence-corrected chi connectivity index (χ1v) is 10.7.